The van der Waals surface area contributed by atoms with Crippen LogP contribution in [0.4, 0.5) is 8.78 Å². The molecule has 2 nitrogen and oxygen atoms in total. The van der Waals surface area contributed by atoms with E-state index in [1.54, 1.807) is 0 Å². The lowest BCUT2D eigenvalue weighted by Crippen LogP contribution is -2.39. The number of hydrogen-bond acceptors (Lipinski definition) is 1. The van der Waals surface area contributed by atoms with E-state index in [0.29, 0.717) is 12.8 Å². The highest BCUT2D eigenvalue weighted by molar-refractivity contribution is 5.70. The summed E-state index contributed by atoms with van der Waals surface area (Å²) in [6, 6.07) is 0. The van der Waals surface area contributed by atoms with Gasteiger partial charge in [-0.1, -0.05) is 0 Å². The summed E-state index contributed by atoms with van der Waals surface area (Å²) in [5.74, 6) is -5.38. The molecular formula is C9H12F2O2. The maximum absolute atomic E-state index is 13.3. The SMILES string of the molecule is O=C(O)[C@@H]1C[C@H]2CC[C@@H](C1)C2(F)F. The van der Waals surface area contributed by atoms with Crippen molar-refractivity contribution in [3.8, 4) is 0 Å². The van der Waals surface area contributed by atoms with Crippen molar-refractivity contribution < 1.29 is 18.7 Å². The van der Waals surface area contributed by atoms with Crippen LogP contribution < -0.4 is 0 Å². The zero-order chi connectivity index (χ0) is 9.64. The molecule has 3 atom stereocenters. The van der Waals surface area contributed by atoms with Gasteiger partial charge >= 0.3 is 5.97 Å². The molecule has 0 spiro atoms. The number of alkyl halides is 2. The first-order valence-electron chi connectivity index (χ1n) is 4.62. The predicted octanol–water partition coefficient (Wildman–Crippen LogP) is 2.14. The maximum atomic E-state index is 13.3. The molecule has 1 N–H and O–H groups in total. The summed E-state index contributed by atoms with van der Waals surface area (Å²) in [6.45, 7) is 0. The lowest BCUT2D eigenvalue weighted by molar-refractivity contribution is -0.153. The Bertz CT molecular complexity index is 224. The molecule has 2 fully saturated rings. The predicted molar refractivity (Wildman–Crippen MR) is 41.5 cm³/mol. The molecule has 2 aliphatic rings. The van der Waals surface area contributed by atoms with Gasteiger partial charge in [0, 0.05) is 11.8 Å². The van der Waals surface area contributed by atoms with E-state index >= 15 is 0 Å². The Labute approximate surface area is 74.9 Å². The molecule has 0 amide bonds. The van der Waals surface area contributed by atoms with Gasteiger partial charge in [-0.25, -0.2) is 8.78 Å². The molecule has 0 heterocycles. The topological polar surface area (TPSA) is 37.3 Å². The van der Waals surface area contributed by atoms with E-state index in [0.717, 1.165) is 0 Å². The molecule has 4 heteroatoms. The molecule has 2 bridgehead atoms. The first-order valence-corrected chi connectivity index (χ1v) is 4.62. The second-order valence-corrected chi connectivity index (χ2v) is 4.15. The van der Waals surface area contributed by atoms with E-state index in [1.165, 1.54) is 0 Å². The number of halogens is 2. The van der Waals surface area contributed by atoms with E-state index in [1.807, 2.05) is 0 Å². The van der Waals surface area contributed by atoms with Crippen LogP contribution in [0.5, 0.6) is 0 Å². The standard InChI is InChI=1S/C9H12F2O2/c10-9(11)6-1-2-7(9)4-5(3-6)8(12)13/h5-7H,1-4H2,(H,12,13)/t5-,6-,7+. The molecule has 2 rings (SSSR count). The zero-order valence-corrected chi connectivity index (χ0v) is 7.17. The summed E-state index contributed by atoms with van der Waals surface area (Å²) < 4.78 is 26.6. The van der Waals surface area contributed by atoms with Gasteiger partial charge in [-0.2, -0.15) is 0 Å². The number of carbonyl (C=O) groups is 1. The number of carboxylic acids is 1. The van der Waals surface area contributed by atoms with Gasteiger partial charge in [0.2, 0.25) is 0 Å². The maximum Gasteiger partial charge on any atom is 0.306 e. The quantitative estimate of drug-likeness (QED) is 0.687. The van der Waals surface area contributed by atoms with E-state index in [-0.39, 0.29) is 12.8 Å². The Morgan fingerprint density at radius 2 is 1.69 bits per heavy atom. The molecule has 2 aliphatic carbocycles. The van der Waals surface area contributed by atoms with Gasteiger partial charge in [-0.15, -0.1) is 0 Å². The summed E-state index contributed by atoms with van der Waals surface area (Å²) >= 11 is 0. The van der Waals surface area contributed by atoms with Crippen LogP contribution in [0.25, 0.3) is 0 Å². The highest BCUT2D eigenvalue weighted by Crippen LogP contribution is 2.54. The van der Waals surface area contributed by atoms with E-state index in [2.05, 4.69) is 0 Å². The summed E-state index contributed by atoms with van der Waals surface area (Å²) in [5, 5.41) is 8.73. The minimum Gasteiger partial charge on any atom is -0.481 e. The third-order valence-corrected chi connectivity index (χ3v) is 3.44. The van der Waals surface area contributed by atoms with Gasteiger partial charge < -0.3 is 5.11 Å². The van der Waals surface area contributed by atoms with Gasteiger partial charge in [0.25, 0.3) is 5.92 Å². The Hall–Kier alpha value is -0.670. The van der Waals surface area contributed by atoms with Gasteiger partial charge in [0.15, 0.2) is 0 Å². The molecule has 0 aromatic heterocycles. The molecule has 2 saturated carbocycles. The molecule has 0 saturated heterocycles. The first-order chi connectivity index (χ1) is 6.01. The highest BCUT2D eigenvalue weighted by Gasteiger charge is 2.56. The zero-order valence-electron chi connectivity index (χ0n) is 7.17. The fraction of sp³-hybridized carbons (Fsp3) is 0.889. The first kappa shape index (κ1) is 8.91. The van der Waals surface area contributed by atoms with Crippen molar-refractivity contribution in [2.45, 2.75) is 31.6 Å². The molecule has 0 aromatic rings. The normalized spacial score (nSPS) is 41.8. The van der Waals surface area contributed by atoms with Crippen LogP contribution in [0, 0.1) is 17.8 Å². The van der Waals surface area contributed by atoms with Gasteiger partial charge in [0.1, 0.15) is 0 Å². The lowest BCUT2D eigenvalue weighted by Gasteiger charge is -2.33. The second-order valence-electron chi connectivity index (χ2n) is 4.15. The summed E-state index contributed by atoms with van der Waals surface area (Å²) in [4.78, 5) is 10.6. The van der Waals surface area contributed by atoms with Crippen molar-refractivity contribution in [2.75, 3.05) is 0 Å². The number of carboxylic acid groups (broad SMARTS) is 1. The van der Waals surface area contributed by atoms with E-state index < -0.39 is 29.6 Å². The average Bonchev–Trinajstić information content (AvgIpc) is 2.24. The Morgan fingerprint density at radius 3 is 2.08 bits per heavy atom. The van der Waals surface area contributed by atoms with Crippen molar-refractivity contribution >= 4 is 5.97 Å². The fourth-order valence-corrected chi connectivity index (χ4v) is 2.66. The number of hydrogen-bond donors (Lipinski definition) is 1. The van der Waals surface area contributed by atoms with Gasteiger partial charge in [-0.3, -0.25) is 4.79 Å². The van der Waals surface area contributed by atoms with Crippen LogP contribution in [0.3, 0.4) is 0 Å². The second kappa shape index (κ2) is 2.66. The molecule has 13 heavy (non-hydrogen) atoms. The summed E-state index contributed by atoms with van der Waals surface area (Å²) in [5.41, 5.74) is 0. The minimum atomic E-state index is -2.59. The Balaban J connectivity index is 2.15. The summed E-state index contributed by atoms with van der Waals surface area (Å²) in [7, 11) is 0. The minimum absolute atomic E-state index is 0.166. The Kier molecular flexibility index (Phi) is 1.82. The van der Waals surface area contributed by atoms with E-state index in [4.69, 9.17) is 5.11 Å². The largest absolute Gasteiger partial charge is 0.481 e. The van der Waals surface area contributed by atoms with Crippen molar-refractivity contribution in [3.63, 3.8) is 0 Å². The number of aliphatic carboxylic acids is 1. The van der Waals surface area contributed by atoms with Crippen LogP contribution in [-0.4, -0.2) is 17.0 Å². The van der Waals surface area contributed by atoms with Crippen LogP contribution in [0.2, 0.25) is 0 Å². The molecule has 0 unspecified atom stereocenters. The van der Waals surface area contributed by atoms with Crippen molar-refractivity contribution in [1.29, 1.82) is 0 Å². The fourth-order valence-electron chi connectivity index (χ4n) is 2.66. The molecular weight excluding hydrogens is 178 g/mol. The molecule has 0 radical (unpaired) electrons. The smallest absolute Gasteiger partial charge is 0.306 e. The number of rotatable bonds is 1. The van der Waals surface area contributed by atoms with Crippen LogP contribution >= 0.6 is 0 Å². The third kappa shape index (κ3) is 1.23. The third-order valence-electron chi connectivity index (χ3n) is 3.44. The number of fused-ring (bicyclic) bond motifs is 2. The summed E-state index contributed by atoms with van der Waals surface area (Å²) in [6.07, 6.45) is 1.33. The van der Waals surface area contributed by atoms with Crippen LogP contribution in [0.1, 0.15) is 25.7 Å². The van der Waals surface area contributed by atoms with Crippen molar-refractivity contribution in [2.24, 2.45) is 17.8 Å². The van der Waals surface area contributed by atoms with Gasteiger partial charge in [0.05, 0.1) is 5.92 Å². The average molecular weight is 190 g/mol. The monoisotopic (exact) mass is 190 g/mol. The highest BCUT2D eigenvalue weighted by atomic mass is 19.3. The lowest BCUT2D eigenvalue weighted by atomic mass is 9.78. The van der Waals surface area contributed by atoms with Crippen molar-refractivity contribution in [1.82, 2.24) is 0 Å². The Morgan fingerprint density at radius 1 is 1.23 bits per heavy atom. The molecule has 0 aliphatic heterocycles. The van der Waals surface area contributed by atoms with Crippen molar-refractivity contribution in [3.05, 3.63) is 0 Å². The van der Waals surface area contributed by atoms with Gasteiger partial charge in [-0.05, 0) is 25.7 Å². The van der Waals surface area contributed by atoms with Crippen LogP contribution in [0.15, 0.2) is 0 Å². The van der Waals surface area contributed by atoms with Crippen LogP contribution in [-0.2, 0) is 4.79 Å². The molecule has 0 aromatic carbocycles. The molecule has 74 valence electrons. The van der Waals surface area contributed by atoms with E-state index in [9.17, 15) is 13.6 Å².